The minimum atomic E-state index is -0.497. The number of rotatable bonds is 4. The Kier molecular flexibility index (Phi) is 5.75. The van der Waals surface area contributed by atoms with Gasteiger partial charge in [0.15, 0.2) is 0 Å². The predicted molar refractivity (Wildman–Crippen MR) is 138 cm³/mol. The van der Waals surface area contributed by atoms with Gasteiger partial charge in [0.2, 0.25) is 5.91 Å². The highest BCUT2D eigenvalue weighted by molar-refractivity contribution is 6.36. The number of carbonyl (C=O) groups is 1. The van der Waals surface area contributed by atoms with E-state index in [1.807, 2.05) is 42.5 Å². The molecular formula is C26H15Cl4N2O. The minimum Gasteiger partial charge on any atom is -0.366 e. The van der Waals surface area contributed by atoms with Crippen LogP contribution in [-0.4, -0.2) is 10.5 Å². The zero-order chi connectivity index (χ0) is 23.3. The van der Waals surface area contributed by atoms with Crippen molar-refractivity contribution in [1.29, 1.82) is 0 Å². The van der Waals surface area contributed by atoms with Crippen molar-refractivity contribution >= 4 is 74.1 Å². The SMILES string of the molecule is NC(=O)c1cccc2c1c1[c]cc(-c3ccc(Cl)cc3Cl)cc1n2Cc1cc(Cl)cc(Cl)c1. The van der Waals surface area contributed by atoms with Gasteiger partial charge < -0.3 is 10.3 Å². The Morgan fingerprint density at radius 3 is 2.33 bits per heavy atom. The first-order valence-corrected chi connectivity index (χ1v) is 11.5. The summed E-state index contributed by atoms with van der Waals surface area (Å²) in [5, 5.41) is 3.75. The van der Waals surface area contributed by atoms with Crippen LogP contribution in [0.1, 0.15) is 15.9 Å². The molecule has 163 valence electrons. The molecule has 5 aromatic rings. The van der Waals surface area contributed by atoms with Gasteiger partial charge in [-0.05, 0) is 71.8 Å². The van der Waals surface area contributed by atoms with Gasteiger partial charge in [0.1, 0.15) is 0 Å². The Hall–Kier alpha value is -2.69. The molecule has 0 saturated heterocycles. The third-order valence-electron chi connectivity index (χ3n) is 5.57. The third kappa shape index (κ3) is 4.07. The van der Waals surface area contributed by atoms with Crippen molar-refractivity contribution < 1.29 is 4.79 Å². The first kappa shape index (κ1) is 22.1. The molecule has 3 nitrogen and oxygen atoms in total. The smallest absolute Gasteiger partial charge is 0.249 e. The van der Waals surface area contributed by atoms with E-state index in [2.05, 4.69) is 10.6 Å². The van der Waals surface area contributed by atoms with E-state index in [-0.39, 0.29) is 0 Å². The molecule has 2 N–H and O–H groups in total. The van der Waals surface area contributed by atoms with Gasteiger partial charge in [-0.25, -0.2) is 0 Å². The molecule has 1 amide bonds. The average molecular weight is 513 g/mol. The van der Waals surface area contributed by atoms with Crippen LogP contribution in [0.5, 0.6) is 0 Å². The summed E-state index contributed by atoms with van der Waals surface area (Å²) in [6.07, 6.45) is 0. The Bertz CT molecular complexity index is 1550. The molecule has 0 aliphatic heterocycles. The number of benzene rings is 4. The number of hydrogen-bond donors (Lipinski definition) is 1. The standard InChI is InChI=1S/C26H15Cl4N2O/c27-16-5-7-19(22(30)12-16)15-4-6-20-24(10-15)32(13-14-8-17(28)11-18(29)9-14)23-3-1-2-21(25(20)23)26(31)33/h1-5,7-12H,13H2,(H2,31,33). The molecule has 4 aromatic carbocycles. The third-order valence-corrected chi connectivity index (χ3v) is 6.55. The fourth-order valence-corrected chi connectivity index (χ4v) is 5.28. The molecule has 0 aliphatic carbocycles. The first-order chi connectivity index (χ1) is 15.8. The number of hydrogen-bond acceptors (Lipinski definition) is 1. The highest BCUT2D eigenvalue weighted by Gasteiger charge is 2.18. The molecule has 0 spiro atoms. The van der Waals surface area contributed by atoms with Crippen LogP contribution in [0.4, 0.5) is 0 Å². The lowest BCUT2D eigenvalue weighted by Crippen LogP contribution is -2.11. The highest BCUT2D eigenvalue weighted by Crippen LogP contribution is 2.37. The van der Waals surface area contributed by atoms with Crippen LogP contribution in [-0.2, 0) is 6.54 Å². The largest absolute Gasteiger partial charge is 0.366 e. The molecular weight excluding hydrogens is 498 g/mol. The molecule has 0 bridgehead atoms. The van der Waals surface area contributed by atoms with Crippen LogP contribution < -0.4 is 5.73 Å². The van der Waals surface area contributed by atoms with E-state index in [1.165, 1.54) is 0 Å². The molecule has 0 unspecified atom stereocenters. The lowest BCUT2D eigenvalue weighted by Gasteiger charge is -2.11. The number of fused-ring (bicyclic) bond motifs is 3. The summed E-state index contributed by atoms with van der Waals surface area (Å²) < 4.78 is 2.10. The molecule has 7 heteroatoms. The molecule has 0 atom stereocenters. The lowest BCUT2D eigenvalue weighted by atomic mass is 10.0. The normalized spacial score (nSPS) is 11.4. The van der Waals surface area contributed by atoms with Crippen molar-refractivity contribution in [3.63, 3.8) is 0 Å². The molecule has 1 radical (unpaired) electrons. The number of carbonyl (C=O) groups excluding carboxylic acids is 1. The van der Waals surface area contributed by atoms with E-state index < -0.39 is 5.91 Å². The van der Waals surface area contributed by atoms with Gasteiger partial charge in [-0.3, -0.25) is 4.79 Å². The van der Waals surface area contributed by atoms with Crippen molar-refractivity contribution in [1.82, 2.24) is 4.57 Å². The maximum Gasteiger partial charge on any atom is 0.249 e. The first-order valence-electron chi connectivity index (χ1n) is 9.98. The number of nitrogens with zero attached hydrogens (tertiary/aromatic N) is 1. The monoisotopic (exact) mass is 511 g/mol. The van der Waals surface area contributed by atoms with Gasteiger partial charge in [0.25, 0.3) is 0 Å². The number of aromatic nitrogens is 1. The summed E-state index contributed by atoms with van der Waals surface area (Å²) in [5.41, 5.74) is 10.5. The molecule has 0 aliphatic rings. The molecule has 5 rings (SSSR count). The van der Waals surface area contributed by atoms with Gasteiger partial charge in [-0.2, -0.15) is 0 Å². The van der Waals surface area contributed by atoms with Gasteiger partial charge in [0.05, 0.1) is 11.0 Å². The second-order valence-corrected chi connectivity index (χ2v) is 9.42. The number of primary amides is 1. The van der Waals surface area contributed by atoms with E-state index in [4.69, 9.17) is 52.1 Å². The Balaban J connectivity index is 1.81. The van der Waals surface area contributed by atoms with Crippen LogP contribution >= 0.6 is 46.4 Å². The van der Waals surface area contributed by atoms with Crippen LogP contribution in [0.2, 0.25) is 20.1 Å². The van der Waals surface area contributed by atoms with Crippen LogP contribution in [0.3, 0.4) is 0 Å². The summed E-state index contributed by atoms with van der Waals surface area (Å²) in [4.78, 5) is 12.2. The van der Waals surface area contributed by atoms with E-state index in [1.54, 1.807) is 24.3 Å². The van der Waals surface area contributed by atoms with E-state index >= 15 is 0 Å². The maximum absolute atomic E-state index is 12.2. The van der Waals surface area contributed by atoms with Crippen molar-refractivity contribution in [3.8, 4) is 11.1 Å². The predicted octanol–water partition coefficient (Wildman–Crippen LogP) is 8.02. The highest BCUT2D eigenvalue weighted by atomic mass is 35.5. The fraction of sp³-hybridized carbons (Fsp3) is 0.0385. The summed E-state index contributed by atoms with van der Waals surface area (Å²) >= 11 is 25.0. The van der Waals surface area contributed by atoms with Gasteiger partial charge in [0, 0.05) is 48.5 Å². The summed E-state index contributed by atoms with van der Waals surface area (Å²) in [6.45, 7) is 0.480. The zero-order valence-corrected chi connectivity index (χ0v) is 20.0. The van der Waals surface area contributed by atoms with Crippen molar-refractivity contribution in [2.24, 2.45) is 5.73 Å². The average Bonchev–Trinajstić information content (AvgIpc) is 3.06. The number of amides is 1. The second-order valence-electron chi connectivity index (χ2n) is 7.70. The van der Waals surface area contributed by atoms with Crippen LogP contribution in [0.15, 0.2) is 66.7 Å². The topological polar surface area (TPSA) is 48.0 Å². The maximum atomic E-state index is 12.2. The summed E-state index contributed by atoms with van der Waals surface area (Å²) in [7, 11) is 0. The van der Waals surface area contributed by atoms with Crippen LogP contribution in [0, 0.1) is 6.07 Å². The minimum absolute atomic E-state index is 0.439. The Labute approximate surface area is 210 Å². The number of halogens is 4. The van der Waals surface area contributed by atoms with E-state index in [0.717, 1.165) is 38.5 Å². The quantitative estimate of drug-likeness (QED) is 0.260. The molecule has 0 fully saturated rings. The molecule has 0 saturated carbocycles. The van der Waals surface area contributed by atoms with Crippen LogP contribution in [0.25, 0.3) is 32.9 Å². The van der Waals surface area contributed by atoms with Crippen molar-refractivity contribution in [2.75, 3.05) is 0 Å². The van der Waals surface area contributed by atoms with E-state index in [0.29, 0.717) is 32.2 Å². The van der Waals surface area contributed by atoms with E-state index in [9.17, 15) is 4.79 Å². The van der Waals surface area contributed by atoms with Gasteiger partial charge in [-0.1, -0.05) is 58.5 Å². The second kappa shape index (κ2) is 8.58. The lowest BCUT2D eigenvalue weighted by molar-refractivity contribution is 0.100. The van der Waals surface area contributed by atoms with Gasteiger partial charge in [-0.15, -0.1) is 0 Å². The van der Waals surface area contributed by atoms with Crippen molar-refractivity contribution in [2.45, 2.75) is 6.54 Å². The zero-order valence-electron chi connectivity index (χ0n) is 17.0. The number of nitrogens with two attached hydrogens (primary N) is 1. The van der Waals surface area contributed by atoms with Crippen molar-refractivity contribution in [3.05, 3.63) is 104 Å². The van der Waals surface area contributed by atoms with Gasteiger partial charge >= 0.3 is 0 Å². The summed E-state index contributed by atoms with van der Waals surface area (Å²) in [5.74, 6) is -0.497. The molecule has 1 aromatic heterocycles. The molecule has 1 heterocycles. The Morgan fingerprint density at radius 1 is 0.879 bits per heavy atom. The summed E-state index contributed by atoms with van der Waals surface area (Å²) in [6, 6.07) is 23.5. The Morgan fingerprint density at radius 2 is 1.64 bits per heavy atom. The fourth-order valence-electron chi connectivity index (χ4n) is 4.20. The molecule has 33 heavy (non-hydrogen) atoms.